The lowest BCUT2D eigenvalue weighted by atomic mass is 10.0. The van der Waals surface area contributed by atoms with Crippen LogP contribution in [-0.2, 0) is 6.42 Å². The van der Waals surface area contributed by atoms with Crippen LogP contribution in [0.2, 0.25) is 0 Å². The molecule has 1 atom stereocenters. The Labute approximate surface area is 94.9 Å². The minimum absolute atomic E-state index is 0.293. The summed E-state index contributed by atoms with van der Waals surface area (Å²) in [6.45, 7) is 6.45. The fraction of sp³-hybridized carbons (Fsp3) is 0.545. The van der Waals surface area contributed by atoms with E-state index in [9.17, 15) is 0 Å². The van der Waals surface area contributed by atoms with Crippen LogP contribution in [0.3, 0.4) is 0 Å². The van der Waals surface area contributed by atoms with Crippen molar-refractivity contribution in [1.29, 1.82) is 0 Å². The normalized spacial score (nSPS) is 13.2. The van der Waals surface area contributed by atoms with Gasteiger partial charge in [-0.25, -0.2) is 0 Å². The second kappa shape index (κ2) is 4.47. The van der Waals surface area contributed by atoms with Crippen molar-refractivity contribution in [3.05, 3.63) is 29.8 Å². The number of aromatic amines is 1. The maximum atomic E-state index is 4.00. The third kappa shape index (κ3) is 2.29. The van der Waals surface area contributed by atoms with Crippen LogP contribution in [0, 0.1) is 0 Å². The van der Waals surface area contributed by atoms with Gasteiger partial charge in [-0.3, -0.25) is 0 Å². The van der Waals surface area contributed by atoms with Crippen molar-refractivity contribution in [3.8, 4) is 0 Å². The van der Waals surface area contributed by atoms with E-state index >= 15 is 0 Å². The van der Waals surface area contributed by atoms with E-state index in [4.69, 9.17) is 0 Å². The molecule has 0 radical (unpaired) electrons. The van der Waals surface area contributed by atoms with Gasteiger partial charge in [0.15, 0.2) is 5.82 Å². The van der Waals surface area contributed by atoms with Crippen molar-refractivity contribution in [1.82, 2.24) is 25.2 Å². The molecule has 0 saturated carbocycles. The number of aromatic nitrogens is 5. The molecule has 86 valence electrons. The standard InChI is InChI=1S/C11H17N5/c1-8(2)16-5-4-10(7-16)6-9(3)11-12-14-15-13-11/h4-5,7-9H,6H2,1-3H3,(H,12,13,14,15). The molecule has 0 spiro atoms. The summed E-state index contributed by atoms with van der Waals surface area (Å²) < 4.78 is 2.21. The maximum Gasteiger partial charge on any atom is 0.177 e. The summed E-state index contributed by atoms with van der Waals surface area (Å²) >= 11 is 0. The molecule has 1 N–H and O–H groups in total. The zero-order valence-corrected chi connectivity index (χ0v) is 9.88. The molecule has 1 unspecified atom stereocenters. The van der Waals surface area contributed by atoms with E-state index in [0.717, 1.165) is 12.2 Å². The molecule has 0 aromatic carbocycles. The molecule has 5 heteroatoms. The average molecular weight is 219 g/mol. The van der Waals surface area contributed by atoms with E-state index in [1.165, 1.54) is 5.56 Å². The smallest absolute Gasteiger partial charge is 0.177 e. The number of H-pyrrole nitrogens is 1. The predicted molar refractivity (Wildman–Crippen MR) is 61.1 cm³/mol. The van der Waals surface area contributed by atoms with Gasteiger partial charge in [-0.15, -0.1) is 10.2 Å². The molecule has 0 aliphatic heterocycles. The largest absolute Gasteiger partial charge is 0.352 e. The third-order valence-electron chi connectivity index (χ3n) is 2.72. The van der Waals surface area contributed by atoms with Crippen LogP contribution < -0.4 is 0 Å². The van der Waals surface area contributed by atoms with E-state index in [-0.39, 0.29) is 0 Å². The van der Waals surface area contributed by atoms with Crippen molar-refractivity contribution in [2.45, 2.75) is 39.2 Å². The molecule has 5 nitrogen and oxygen atoms in total. The lowest BCUT2D eigenvalue weighted by Gasteiger charge is -2.06. The fourth-order valence-electron chi connectivity index (χ4n) is 1.72. The summed E-state index contributed by atoms with van der Waals surface area (Å²) in [5.74, 6) is 1.07. The number of tetrazole rings is 1. The maximum absolute atomic E-state index is 4.00. The summed E-state index contributed by atoms with van der Waals surface area (Å²) in [5, 5.41) is 14.1. The Bertz CT molecular complexity index is 429. The summed E-state index contributed by atoms with van der Waals surface area (Å²) in [5.41, 5.74) is 1.31. The highest BCUT2D eigenvalue weighted by atomic mass is 15.5. The lowest BCUT2D eigenvalue weighted by molar-refractivity contribution is 0.600. The van der Waals surface area contributed by atoms with E-state index in [2.05, 4.69) is 64.4 Å². The fourth-order valence-corrected chi connectivity index (χ4v) is 1.72. The Kier molecular flexibility index (Phi) is 3.03. The van der Waals surface area contributed by atoms with Gasteiger partial charge in [0, 0.05) is 24.4 Å². The van der Waals surface area contributed by atoms with Crippen LogP contribution in [0.4, 0.5) is 0 Å². The molecule has 0 aliphatic carbocycles. The second-order valence-electron chi connectivity index (χ2n) is 4.44. The Morgan fingerprint density at radius 3 is 2.75 bits per heavy atom. The van der Waals surface area contributed by atoms with Crippen LogP contribution in [0.15, 0.2) is 18.5 Å². The van der Waals surface area contributed by atoms with E-state index in [1.54, 1.807) is 0 Å². The first-order chi connectivity index (χ1) is 7.66. The van der Waals surface area contributed by atoms with Crippen LogP contribution in [0.5, 0.6) is 0 Å². The Morgan fingerprint density at radius 1 is 1.38 bits per heavy atom. The van der Waals surface area contributed by atoms with Crippen molar-refractivity contribution in [2.24, 2.45) is 0 Å². The van der Waals surface area contributed by atoms with E-state index in [0.29, 0.717) is 12.0 Å². The van der Waals surface area contributed by atoms with Gasteiger partial charge in [0.1, 0.15) is 0 Å². The molecule has 2 heterocycles. The molecule has 0 fully saturated rings. The first kappa shape index (κ1) is 10.9. The number of nitrogens with zero attached hydrogens (tertiary/aromatic N) is 4. The highest BCUT2D eigenvalue weighted by Gasteiger charge is 2.12. The van der Waals surface area contributed by atoms with Gasteiger partial charge in [0.25, 0.3) is 0 Å². The van der Waals surface area contributed by atoms with Gasteiger partial charge in [0.2, 0.25) is 0 Å². The van der Waals surface area contributed by atoms with Crippen molar-refractivity contribution in [2.75, 3.05) is 0 Å². The molecule has 2 aromatic heterocycles. The van der Waals surface area contributed by atoms with Crippen LogP contribution >= 0.6 is 0 Å². The Balaban J connectivity index is 2.03. The van der Waals surface area contributed by atoms with Gasteiger partial charge in [-0.2, -0.15) is 5.21 Å². The van der Waals surface area contributed by atoms with Crippen LogP contribution in [0.1, 0.15) is 44.1 Å². The first-order valence-corrected chi connectivity index (χ1v) is 5.56. The number of nitrogens with one attached hydrogen (secondary N) is 1. The topological polar surface area (TPSA) is 59.4 Å². The molecule has 16 heavy (non-hydrogen) atoms. The lowest BCUT2D eigenvalue weighted by Crippen LogP contribution is -2.01. The van der Waals surface area contributed by atoms with Gasteiger partial charge in [0.05, 0.1) is 0 Å². The van der Waals surface area contributed by atoms with Gasteiger partial charge < -0.3 is 4.57 Å². The van der Waals surface area contributed by atoms with Gasteiger partial charge >= 0.3 is 0 Å². The molecule has 2 rings (SSSR count). The van der Waals surface area contributed by atoms with E-state index < -0.39 is 0 Å². The number of hydrogen-bond donors (Lipinski definition) is 1. The van der Waals surface area contributed by atoms with Crippen molar-refractivity contribution >= 4 is 0 Å². The highest BCUT2D eigenvalue weighted by molar-refractivity contribution is 5.14. The molecule has 0 aliphatic rings. The van der Waals surface area contributed by atoms with E-state index in [1.807, 2.05) is 0 Å². The Hall–Kier alpha value is -1.65. The molecule has 0 bridgehead atoms. The minimum Gasteiger partial charge on any atom is -0.352 e. The molecule has 2 aromatic rings. The predicted octanol–water partition coefficient (Wildman–Crippen LogP) is 1.93. The second-order valence-corrected chi connectivity index (χ2v) is 4.44. The van der Waals surface area contributed by atoms with Crippen LogP contribution in [-0.4, -0.2) is 25.2 Å². The summed E-state index contributed by atoms with van der Waals surface area (Å²) in [7, 11) is 0. The average Bonchev–Trinajstić information content (AvgIpc) is 2.87. The SMILES string of the molecule is CC(Cc1ccn(C(C)C)c1)c1nn[nH]n1. The quantitative estimate of drug-likeness (QED) is 0.854. The number of rotatable bonds is 4. The van der Waals surface area contributed by atoms with Crippen molar-refractivity contribution in [3.63, 3.8) is 0 Å². The highest BCUT2D eigenvalue weighted by Crippen LogP contribution is 2.17. The van der Waals surface area contributed by atoms with Crippen molar-refractivity contribution < 1.29 is 0 Å². The Morgan fingerprint density at radius 2 is 2.19 bits per heavy atom. The first-order valence-electron chi connectivity index (χ1n) is 5.56. The number of hydrogen-bond acceptors (Lipinski definition) is 3. The minimum atomic E-state index is 0.293. The molecular weight excluding hydrogens is 202 g/mol. The monoisotopic (exact) mass is 219 g/mol. The molecular formula is C11H17N5. The van der Waals surface area contributed by atoms with Gasteiger partial charge in [-0.1, -0.05) is 12.1 Å². The molecule has 0 saturated heterocycles. The summed E-state index contributed by atoms with van der Waals surface area (Å²) in [4.78, 5) is 0. The van der Waals surface area contributed by atoms with Crippen LogP contribution in [0.25, 0.3) is 0 Å². The molecule has 0 amide bonds. The summed E-state index contributed by atoms with van der Waals surface area (Å²) in [6.07, 6.45) is 5.24. The third-order valence-corrected chi connectivity index (χ3v) is 2.72. The van der Waals surface area contributed by atoms with Gasteiger partial charge in [-0.05, 0) is 31.9 Å². The zero-order chi connectivity index (χ0) is 11.5. The zero-order valence-electron chi connectivity index (χ0n) is 9.88. The summed E-state index contributed by atoms with van der Waals surface area (Å²) in [6, 6.07) is 2.66.